The quantitative estimate of drug-likeness (QED) is 0.849. The average Bonchev–Trinajstić information content (AvgIpc) is 3.25. The largest absolute Gasteiger partial charge is 0.360 e. The van der Waals surface area contributed by atoms with Gasteiger partial charge in [-0.25, -0.2) is 8.42 Å². The van der Waals surface area contributed by atoms with E-state index in [1.54, 1.807) is 18.7 Å². The summed E-state index contributed by atoms with van der Waals surface area (Å²) in [5.74, 6) is 0.619. The molecule has 1 amide bonds. The van der Waals surface area contributed by atoms with Crippen LogP contribution >= 0.6 is 0 Å². The summed E-state index contributed by atoms with van der Waals surface area (Å²) >= 11 is 0. The van der Waals surface area contributed by atoms with Gasteiger partial charge in [-0.05, 0) is 32.8 Å². The van der Waals surface area contributed by atoms with E-state index >= 15 is 0 Å². The number of rotatable bonds is 4. The molecule has 26 heavy (non-hydrogen) atoms. The molecule has 2 aromatic rings. The summed E-state index contributed by atoms with van der Waals surface area (Å²) in [4.78, 5) is 14.4. The third kappa shape index (κ3) is 2.92. The number of nitrogens with zero attached hydrogens (tertiary/aromatic N) is 4. The maximum Gasteiger partial charge on any atom is 0.274 e. The van der Waals surface area contributed by atoms with Crippen LogP contribution in [0.4, 0.5) is 0 Å². The van der Waals surface area contributed by atoms with E-state index in [1.807, 2.05) is 6.07 Å². The topological polar surface area (TPSA) is 112 Å². The second-order valence-electron chi connectivity index (χ2n) is 6.83. The van der Waals surface area contributed by atoms with Crippen LogP contribution in [-0.4, -0.2) is 65.1 Å². The molecule has 2 aliphatic rings. The van der Waals surface area contributed by atoms with E-state index in [0.29, 0.717) is 30.4 Å². The van der Waals surface area contributed by atoms with Crippen LogP contribution in [0, 0.1) is 13.8 Å². The number of hydrogen-bond donors (Lipinski definition) is 1. The molecule has 0 unspecified atom stereocenters. The van der Waals surface area contributed by atoms with E-state index in [0.717, 1.165) is 18.5 Å². The third-order valence-electron chi connectivity index (χ3n) is 4.93. The minimum Gasteiger partial charge on any atom is -0.360 e. The lowest BCUT2D eigenvalue weighted by atomic mass is 10.2. The summed E-state index contributed by atoms with van der Waals surface area (Å²) in [7, 11) is -3.68. The van der Waals surface area contributed by atoms with Gasteiger partial charge in [-0.3, -0.25) is 9.89 Å². The van der Waals surface area contributed by atoms with Gasteiger partial charge in [0, 0.05) is 37.8 Å². The fourth-order valence-electron chi connectivity index (χ4n) is 3.32. The summed E-state index contributed by atoms with van der Waals surface area (Å²) in [5.41, 5.74) is 1.76. The number of nitrogens with one attached hydrogen (secondary N) is 1. The Hall–Kier alpha value is -2.20. The van der Waals surface area contributed by atoms with Crippen LogP contribution in [0.25, 0.3) is 0 Å². The molecule has 1 aliphatic carbocycles. The molecule has 0 aromatic carbocycles. The molecule has 1 aliphatic heterocycles. The van der Waals surface area contributed by atoms with Crippen molar-refractivity contribution in [2.24, 2.45) is 0 Å². The number of aryl methyl sites for hydroxylation is 2. The molecule has 9 nitrogen and oxygen atoms in total. The van der Waals surface area contributed by atoms with Crippen molar-refractivity contribution in [1.29, 1.82) is 0 Å². The fourth-order valence-corrected chi connectivity index (χ4v) is 5.03. The maximum atomic E-state index is 12.8. The molecule has 0 bridgehead atoms. The molecule has 2 fully saturated rings. The monoisotopic (exact) mass is 379 g/mol. The molecule has 0 atom stereocenters. The highest BCUT2D eigenvalue weighted by molar-refractivity contribution is 7.89. The first-order valence-corrected chi connectivity index (χ1v) is 10.1. The SMILES string of the molecule is Cc1noc(C)c1S(=O)(=O)N1CCN(C(=O)c2cc(C3CC3)[nH]n2)CC1. The van der Waals surface area contributed by atoms with Crippen molar-refractivity contribution in [2.45, 2.75) is 37.5 Å². The Kier molecular flexibility index (Phi) is 4.11. The summed E-state index contributed by atoms with van der Waals surface area (Å²) in [5, 5.41) is 10.8. The Morgan fingerprint density at radius 1 is 1.23 bits per heavy atom. The van der Waals surface area contributed by atoms with Crippen LogP contribution in [0.3, 0.4) is 0 Å². The van der Waals surface area contributed by atoms with Gasteiger partial charge in [0.1, 0.15) is 16.3 Å². The van der Waals surface area contributed by atoms with Gasteiger partial charge in [0.2, 0.25) is 10.0 Å². The summed E-state index contributed by atoms with van der Waals surface area (Å²) in [6.07, 6.45) is 2.27. The van der Waals surface area contributed by atoms with Crippen molar-refractivity contribution in [3.05, 3.63) is 28.9 Å². The molecule has 140 valence electrons. The summed E-state index contributed by atoms with van der Waals surface area (Å²) in [6.45, 7) is 4.32. The molecule has 0 spiro atoms. The van der Waals surface area contributed by atoms with Gasteiger partial charge in [-0.15, -0.1) is 0 Å². The summed E-state index contributed by atoms with van der Waals surface area (Å²) in [6, 6.07) is 1.81. The lowest BCUT2D eigenvalue weighted by Crippen LogP contribution is -2.50. The van der Waals surface area contributed by atoms with Crippen molar-refractivity contribution >= 4 is 15.9 Å². The predicted octanol–water partition coefficient (Wildman–Crippen LogP) is 1.04. The van der Waals surface area contributed by atoms with Gasteiger partial charge >= 0.3 is 0 Å². The molecule has 10 heteroatoms. The number of carbonyl (C=O) groups excluding carboxylic acids is 1. The zero-order chi connectivity index (χ0) is 18.5. The van der Waals surface area contributed by atoms with E-state index in [9.17, 15) is 13.2 Å². The number of aromatic nitrogens is 3. The Labute approximate surface area is 151 Å². The Bertz CT molecular complexity index is 916. The van der Waals surface area contributed by atoms with Crippen LogP contribution < -0.4 is 0 Å². The van der Waals surface area contributed by atoms with Crippen molar-refractivity contribution in [1.82, 2.24) is 24.6 Å². The van der Waals surface area contributed by atoms with E-state index in [2.05, 4.69) is 15.4 Å². The number of carbonyl (C=O) groups is 1. The minimum atomic E-state index is -3.68. The average molecular weight is 379 g/mol. The fraction of sp³-hybridized carbons (Fsp3) is 0.562. The second-order valence-corrected chi connectivity index (χ2v) is 8.71. The molecular weight excluding hydrogens is 358 g/mol. The zero-order valence-corrected chi connectivity index (χ0v) is 15.5. The van der Waals surface area contributed by atoms with Gasteiger partial charge in [-0.2, -0.15) is 9.40 Å². The van der Waals surface area contributed by atoms with Crippen LogP contribution in [0.15, 0.2) is 15.5 Å². The normalized spacial score (nSPS) is 19.1. The number of H-pyrrole nitrogens is 1. The van der Waals surface area contributed by atoms with Crippen LogP contribution in [-0.2, 0) is 10.0 Å². The smallest absolute Gasteiger partial charge is 0.274 e. The second kappa shape index (κ2) is 6.20. The third-order valence-corrected chi connectivity index (χ3v) is 7.07. The molecule has 3 heterocycles. The van der Waals surface area contributed by atoms with Gasteiger partial charge in [0.15, 0.2) is 5.76 Å². The number of sulfonamides is 1. The highest BCUT2D eigenvalue weighted by atomic mass is 32.2. The van der Waals surface area contributed by atoms with E-state index in [4.69, 9.17) is 4.52 Å². The van der Waals surface area contributed by atoms with Crippen molar-refractivity contribution < 1.29 is 17.7 Å². The van der Waals surface area contributed by atoms with E-state index < -0.39 is 10.0 Å². The van der Waals surface area contributed by atoms with Crippen molar-refractivity contribution in [3.8, 4) is 0 Å². The van der Waals surface area contributed by atoms with Gasteiger partial charge in [0.05, 0.1) is 0 Å². The number of aromatic amines is 1. The Morgan fingerprint density at radius 3 is 2.50 bits per heavy atom. The molecule has 1 N–H and O–H groups in total. The Balaban J connectivity index is 1.44. The van der Waals surface area contributed by atoms with Gasteiger partial charge in [0.25, 0.3) is 5.91 Å². The van der Waals surface area contributed by atoms with Crippen LogP contribution in [0.1, 0.15) is 46.4 Å². The highest BCUT2D eigenvalue weighted by Gasteiger charge is 2.35. The van der Waals surface area contributed by atoms with Crippen molar-refractivity contribution in [3.63, 3.8) is 0 Å². The standard InChI is InChI=1S/C16H21N5O4S/c1-10-15(11(2)25-19-10)26(23,24)21-7-5-20(6-8-21)16(22)14-9-13(17-18-14)12-3-4-12/h9,12H,3-8H2,1-2H3,(H,17,18). The molecular formula is C16H21N5O4S. The van der Waals surface area contributed by atoms with Crippen LogP contribution in [0.2, 0.25) is 0 Å². The van der Waals surface area contributed by atoms with Crippen molar-refractivity contribution in [2.75, 3.05) is 26.2 Å². The van der Waals surface area contributed by atoms with Gasteiger partial charge < -0.3 is 9.42 Å². The molecule has 1 saturated heterocycles. The first-order valence-electron chi connectivity index (χ1n) is 8.65. The lowest BCUT2D eigenvalue weighted by molar-refractivity contribution is 0.0692. The lowest BCUT2D eigenvalue weighted by Gasteiger charge is -2.33. The van der Waals surface area contributed by atoms with E-state index in [1.165, 1.54) is 4.31 Å². The zero-order valence-electron chi connectivity index (χ0n) is 14.7. The molecule has 4 rings (SSSR count). The first-order chi connectivity index (χ1) is 12.4. The first kappa shape index (κ1) is 17.2. The maximum absolute atomic E-state index is 12.8. The number of amides is 1. The number of piperazine rings is 1. The predicted molar refractivity (Wildman–Crippen MR) is 91.2 cm³/mol. The molecule has 1 saturated carbocycles. The molecule has 2 aromatic heterocycles. The molecule has 0 radical (unpaired) electrons. The van der Waals surface area contributed by atoms with E-state index in [-0.39, 0.29) is 29.7 Å². The van der Waals surface area contributed by atoms with Crippen LogP contribution in [0.5, 0.6) is 0 Å². The Morgan fingerprint density at radius 2 is 1.92 bits per heavy atom. The minimum absolute atomic E-state index is 0.124. The number of hydrogen-bond acceptors (Lipinski definition) is 6. The highest BCUT2D eigenvalue weighted by Crippen LogP contribution is 2.39. The summed E-state index contributed by atoms with van der Waals surface area (Å²) < 4.78 is 32.0. The van der Waals surface area contributed by atoms with Gasteiger partial charge in [-0.1, -0.05) is 5.16 Å².